The minimum Gasteiger partial charge on any atom is -0.370 e. The zero-order valence-electron chi connectivity index (χ0n) is 6.00. The van der Waals surface area contributed by atoms with Crippen LogP contribution in [0.5, 0.6) is 0 Å². The van der Waals surface area contributed by atoms with Crippen LogP contribution in [0, 0.1) is 0 Å². The maximum Gasteiger partial charge on any atom is 0.263 e. The van der Waals surface area contributed by atoms with Gasteiger partial charge in [-0.15, -0.1) is 0 Å². The molecular formula is C6H12N2O2. The maximum atomic E-state index is 10.7. The molecule has 10 heavy (non-hydrogen) atoms. The molecule has 1 heterocycles. The second kappa shape index (κ2) is 2.98. The summed E-state index contributed by atoms with van der Waals surface area (Å²) in [5.74, 6) is -0.320. The van der Waals surface area contributed by atoms with Gasteiger partial charge in [-0.05, 0) is 6.42 Å². The van der Waals surface area contributed by atoms with Gasteiger partial charge in [-0.1, -0.05) is 0 Å². The number of likely N-dealkylation sites (tertiary alicyclic amines) is 1. The monoisotopic (exact) mass is 144 g/mol. The number of hydrogen-bond donors (Lipinski definition) is 2. The summed E-state index contributed by atoms with van der Waals surface area (Å²) in [5, 5.41) is 11.5. The van der Waals surface area contributed by atoms with E-state index >= 15 is 0 Å². The van der Waals surface area contributed by atoms with Gasteiger partial charge in [0.1, 0.15) is 0 Å². The van der Waals surface area contributed by atoms with E-state index in [2.05, 4.69) is 5.32 Å². The molecule has 1 atom stereocenters. The molecule has 0 bridgehead atoms. The lowest BCUT2D eigenvalue weighted by Gasteiger charge is -2.33. The SMILES string of the molecule is CNC(=O)C(O)N1CCC1. The van der Waals surface area contributed by atoms with E-state index in [4.69, 9.17) is 5.11 Å². The highest BCUT2D eigenvalue weighted by atomic mass is 16.3. The van der Waals surface area contributed by atoms with E-state index in [-0.39, 0.29) is 5.91 Å². The summed E-state index contributed by atoms with van der Waals surface area (Å²) < 4.78 is 0. The van der Waals surface area contributed by atoms with Gasteiger partial charge in [0.05, 0.1) is 0 Å². The van der Waals surface area contributed by atoms with Crippen molar-refractivity contribution in [3.05, 3.63) is 0 Å². The highest BCUT2D eigenvalue weighted by Crippen LogP contribution is 2.08. The van der Waals surface area contributed by atoms with Crippen LogP contribution >= 0.6 is 0 Å². The van der Waals surface area contributed by atoms with Crippen LogP contribution < -0.4 is 5.32 Å². The van der Waals surface area contributed by atoms with Crippen LogP contribution in [0.2, 0.25) is 0 Å². The zero-order chi connectivity index (χ0) is 7.56. The fourth-order valence-electron chi connectivity index (χ4n) is 0.880. The van der Waals surface area contributed by atoms with Crippen LogP contribution in [0.25, 0.3) is 0 Å². The second-order valence-electron chi connectivity index (χ2n) is 2.38. The second-order valence-corrected chi connectivity index (χ2v) is 2.38. The molecule has 4 nitrogen and oxygen atoms in total. The lowest BCUT2D eigenvalue weighted by Crippen LogP contribution is -2.51. The quantitative estimate of drug-likeness (QED) is 0.509. The predicted octanol–water partition coefficient (Wildman–Crippen LogP) is -1.24. The number of hydrogen-bond acceptors (Lipinski definition) is 3. The third-order valence-electron chi connectivity index (χ3n) is 1.72. The number of nitrogens with zero attached hydrogens (tertiary/aromatic N) is 1. The van der Waals surface area contributed by atoms with Gasteiger partial charge in [-0.25, -0.2) is 0 Å². The highest BCUT2D eigenvalue weighted by molar-refractivity contribution is 5.79. The van der Waals surface area contributed by atoms with Crippen LogP contribution in [0.1, 0.15) is 6.42 Å². The first-order valence-corrected chi connectivity index (χ1v) is 3.39. The molecule has 0 aromatic carbocycles. The number of nitrogens with one attached hydrogen (secondary N) is 1. The van der Waals surface area contributed by atoms with Gasteiger partial charge < -0.3 is 10.4 Å². The Kier molecular flexibility index (Phi) is 2.24. The Balaban J connectivity index is 2.31. The molecular weight excluding hydrogens is 132 g/mol. The van der Waals surface area contributed by atoms with E-state index in [0.717, 1.165) is 19.5 Å². The Hall–Kier alpha value is -0.610. The predicted molar refractivity (Wildman–Crippen MR) is 36.3 cm³/mol. The molecule has 1 rings (SSSR count). The first kappa shape index (κ1) is 7.50. The van der Waals surface area contributed by atoms with Crippen molar-refractivity contribution >= 4 is 5.91 Å². The molecule has 1 unspecified atom stereocenters. The Morgan fingerprint density at radius 2 is 2.30 bits per heavy atom. The fourth-order valence-corrected chi connectivity index (χ4v) is 0.880. The van der Waals surface area contributed by atoms with Crippen molar-refractivity contribution in [1.82, 2.24) is 10.2 Å². The Morgan fingerprint density at radius 1 is 1.70 bits per heavy atom. The molecule has 1 aliphatic heterocycles. The smallest absolute Gasteiger partial charge is 0.263 e. The minimum atomic E-state index is -0.932. The van der Waals surface area contributed by atoms with Gasteiger partial charge >= 0.3 is 0 Å². The van der Waals surface area contributed by atoms with E-state index in [1.807, 2.05) is 0 Å². The topological polar surface area (TPSA) is 52.6 Å². The average molecular weight is 144 g/mol. The first-order chi connectivity index (χ1) is 4.75. The number of amides is 1. The van der Waals surface area contributed by atoms with Crippen LogP contribution in [-0.4, -0.2) is 42.3 Å². The van der Waals surface area contributed by atoms with Crippen LogP contribution in [0.3, 0.4) is 0 Å². The Labute approximate surface area is 59.8 Å². The summed E-state index contributed by atoms with van der Waals surface area (Å²) in [6.45, 7) is 1.66. The molecule has 0 aromatic rings. The van der Waals surface area contributed by atoms with Crippen LogP contribution in [-0.2, 0) is 4.79 Å². The van der Waals surface area contributed by atoms with Gasteiger partial charge in [0, 0.05) is 20.1 Å². The van der Waals surface area contributed by atoms with Crippen molar-refractivity contribution in [3.8, 4) is 0 Å². The van der Waals surface area contributed by atoms with Gasteiger partial charge in [0.25, 0.3) is 5.91 Å². The molecule has 1 fully saturated rings. The van der Waals surface area contributed by atoms with E-state index in [9.17, 15) is 4.79 Å². The fraction of sp³-hybridized carbons (Fsp3) is 0.833. The van der Waals surface area contributed by atoms with Gasteiger partial charge in [0.2, 0.25) is 0 Å². The van der Waals surface area contributed by atoms with Crippen LogP contribution in [0.4, 0.5) is 0 Å². The molecule has 2 N–H and O–H groups in total. The first-order valence-electron chi connectivity index (χ1n) is 3.39. The van der Waals surface area contributed by atoms with E-state index < -0.39 is 6.23 Å². The molecule has 0 radical (unpaired) electrons. The van der Waals surface area contributed by atoms with Crippen molar-refractivity contribution in [2.45, 2.75) is 12.6 Å². The lowest BCUT2D eigenvalue weighted by atomic mass is 10.2. The van der Waals surface area contributed by atoms with E-state index in [1.165, 1.54) is 7.05 Å². The van der Waals surface area contributed by atoms with Crippen molar-refractivity contribution < 1.29 is 9.90 Å². The minimum absolute atomic E-state index is 0.320. The number of aliphatic hydroxyl groups is 1. The van der Waals surface area contributed by atoms with Crippen molar-refractivity contribution in [2.75, 3.05) is 20.1 Å². The molecule has 58 valence electrons. The normalized spacial score (nSPS) is 21.4. The highest BCUT2D eigenvalue weighted by Gasteiger charge is 2.26. The molecule has 0 aliphatic carbocycles. The number of likely N-dealkylation sites (N-methyl/N-ethyl adjacent to an activating group) is 1. The lowest BCUT2D eigenvalue weighted by molar-refractivity contribution is -0.142. The largest absolute Gasteiger partial charge is 0.370 e. The van der Waals surface area contributed by atoms with E-state index in [0.29, 0.717) is 0 Å². The van der Waals surface area contributed by atoms with Gasteiger partial charge in [-0.3, -0.25) is 9.69 Å². The molecule has 0 saturated carbocycles. The number of aliphatic hydroxyl groups excluding tert-OH is 1. The molecule has 4 heteroatoms. The summed E-state index contributed by atoms with van der Waals surface area (Å²) >= 11 is 0. The average Bonchev–Trinajstić information content (AvgIpc) is 1.82. The van der Waals surface area contributed by atoms with E-state index in [1.54, 1.807) is 4.90 Å². The zero-order valence-corrected chi connectivity index (χ0v) is 6.00. The summed E-state index contributed by atoms with van der Waals surface area (Å²) in [6, 6.07) is 0. The summed E-state index contributed by atoms with van der Waals surface area (Å²) in [4.78, 5) is 12.5. The number of rotatable bonds is 2. The third kappa shape index (κ3) is 1.27. The standard InChI is InChI=1S/C6H12N2O2/c1-7-5(9)6(10)8-3-2-4-8/h6,10H,2-4H2,1H3,(H,7,9). The maximum absolute atomic E-state index is 10.7. The number of carbonyl (C=O) groups excluding carboxylic acids is 1. The summed E-state index contributed by atoms with van der Waals surface area (Å²) in [7, 11) is 1.52. The van der Waals surface area contributed by atoms with Gasteiger partial charge in [-0.2, -0.15) is 0 Å². The Bertz CT molecular complexity index is 134. The third-order valence-corrected chi connectivity index (χ3v) is 1.72. The molecule has 0 spiro atoms. The van der Waals surface area contributed by atoms with Crippen molar-refractivity contribution in [1.29, 1.82) is 0 Å². The molecule has 1 aliphatic rings. The van der Waals surface area contributed by atoms with Crippen molar-refractivity contribution in [2.24, 2.45) is 0 Å². The molecule has 0 aromatic heterocycles. The summed E-state index contributed by atoms with van der Waals surface area (Å²) in [5.41, 5.74) is 0. The summed E-state index contributed by atoms with van der Waals surface area (Å²) in [6.07, 6.45) is 0.146. The van der Waals surface area contributed by atoms with Crippen LogP contribution in [0.15, 0.2) is 0 Å². The van der Waals surface area contributed by atoms with Crippen molar-refractivity contribution in [3.63, 3.8) is 0 Å². The number of carbonyl (C=O) groups is 1. The van der Waals surface area contributed by atoms with Gasteiger partial charge in [0.15, 0.2) is 6.23 Å². The molecule has 1 amide bonds. The molecule has 1 saturated heterocycles. The Morgan fingerprint density at radius 3 is 2.60 bits per heavy atom.